The number of rotatable bonds is 2. The molecule has 0 unspecified atom stereocenters. The highest BCUT2D eigenvalue weighted by Gasteiger charge is 2.34. The fourth-order valence-electron chi connectivity index (χ4n) is 1.65. The number of furan rings is 1. The van der Waals surface area contributed by atoms with Gasteiger partial charge in [-0.1, -0.05) is 18.2 Å². The Hall–Kier alpha value is -2.24. The molecular formula is C12H7F3O3. The zero-order valence-corrected chi connectivity index (χ0v) is 8.86. The van der Waals surface area contributed by atoms with Crippen molar-refractivity contribution in [1.82, 2.24) is 0 Å². The van der Waals surface area contributed by atoms with Crippen LogP contribution in [0.1, 0.15) is 16.1 Å². The highest BCUT2D eigenvalue weighted by atomic mass is 19.4. The molecule has 1 aromatic heterocycles. The van der Waals surface area contributed by atoms with Crippen LogP contribution in [0, 0.1) is 0 Å². The third kappa shape index (κ3) is 2.09. The SMILES string of the molecule is O=C(O)c1occc1-c1ccccc1C(F)(F)F. The minimum absolute atomic E-state index is 0.0876. The molecule has 0 spiro atoms. The van der Waals surface area contributed by atoms with E-state index in [4.69, 9.17) is 5.11 Å². The average Bonchev–Trinajstić information content (AvgIpc) is 2.76. The summed E-state index contributed by atoms with van der Waals surface area (Å²) in [5.41, 5.74) is -1.19. The molecule has 0 aliphatic heterocycles. The molecule has 94 valence electrons. The molecule has 0 aliphatic carbocycles. The summed E-state index contributed by atoms with van der Waals surface area (Å²) in [6, 6.07) is 5.96. The van der Waals surface area contributed by atoms with Crippen LogP contribution in [0.5, 0.6) is 0 Å². The van der Waals surface area contributed by atoms with Crippen LogP contribution in [0.15, 0.2) is 41.0 Å². The molecule has 0 radical (unpaired) electrons. The summed E-state index contributed by atoms with van der Waals surface area (Å²) >= 11 is 0. The molecule has 0 atom stereocenters. The zero-order chi connectivity index (χ0) is 13.3. The number of benzene rings is 1. The number of aromatic carboxylic acids is 1. The lowest BCUT2D eigenvalue weighted by Gasteiger charge is -2.11. The Kier molecular flexibility index (Phi) is 2.86. The number of carboxylic acids is 1. The highest BCUT2D eigenvalue weighted by molar-refractivity contribution is 5.93. The van der Waals surface area contributed by atoms with E-state index in [2.05, 4.69) is 4.42 Å². The minimum Gasteiger partial charge on any atom is -0.475 e. The standard InChI is InChI=1S/C12H7F3O3/c13-12(14,15)9-4-2-1-3-7(9)8-5-6-18-10(8)11(16)17/h1-6H,(H,16,17). The number of halogens is 3. The van der Waals surface area contributed by atoms with Crippen LogP contribution in [0.2, 0.25) is 0 Å². The van der Waals surface area contributed by atoms with Crippen LogP contribution in [-0.2, 0) is 6.18 Å². The van der Waals surface area contributed by atoms with Gasteiger partial charge in [-0.25, -0.2) is 4.79 Å². The lowest BCUT2D eigenvalue weighted by Crippen LogP contribution is -2.07. The molecule has 1 aromatic carbocycles. The van der Waals surface area contributed by atoms with Crippen LogP contribution in [0.3, 0.4) is 0 Å². The summed E-state index contributed by atoms with van der Waals surface area (Å²) in [4.78, 5) is 10.8. The molecule has 0 amide bonds. The second-order valence-electron chi connectivity index (χ2n) is 3.51. The smallest absolute Gasteiger partial charge is 0.417 e. The Morgan fingerprint density at radius 2 is 1.78 bits per heavy atom. The van der Waals surface area contributed by atoms with E-state index in [-0.39, 0.29) is 11.1 Å². The second kappa shape index (κ2) is 4.21. The van der Waals surface area contributed by atoms with Crippen molar-refractivity contribution in [2.45, 2.75) is 6.18 Å². The normalized spacial score (nSPS) is 11.5. The first-order valence-corrected chi connectivity index (χ1v) is 4.88. The molecule has 0 aliphatic rings. The highest BCUT2D eigenvalue weighted by Crippen LogP contribution is 2.38. The lowest BCUT2D eigenvalue weighted by atomic mass is 10.00. The zero-order valence-electron chi connectivity index (χ0n) is 8.86. The van der Waals surface area contributed by atoms with Crippen LogP contribution < -0.4 is 0 Å². The van der Waals surface area contributed by atoms with E-state index in [1.54, 1.807) is 0 Å². The van der Waals surface area contributed by atoms with Crippen LogP contribution in [0.25, 0.3) is 11.1 Å². The van der Waals surface area contributed by atoms with Gasteiger partial charge in [0.1, 0.15) is 0 Å². The molecule has 0 bridgehead atoms. The average molecular weight is 256 g/mol. The maximum absolute atomic E-state index is 12.8. The van der Waals surface area contributed by atoms with E-state index < -0.39 is 23.5 Å². The molecule has 1 N–H and O–H groups in total. The first-order valence-electron chi connectivity index (χ1n) is 4.88. The summed E-state index contributed by atoms with van der Waals surface area (Å²) in [7, 11) is 0. The van der Waals surface area contributed by atoms with Gasteiger partial charge in [-0.3, -0.25) is 0 Å². The molecule has 2 rings (SSSR count). The van der Waals surface area contributed by atoms with Gasteiger partial charge >= 0.3 is 12.1 Å². The topological polar surface area (TPSA) is 50.4 Å². The molecule has 6 heteroatoms. The monoisotopic (exact) mass is 256 g/mol. The maximum atomic E-state index is 12.8. The van der Waals surface area contributed by atoms with Crippen LogP contribution in [0.4, 0.5) is 13.2 Å². The van der Waals surface area contributed by atoms with Crippen molar-refractivity contribution in [1.29, 1.82) is 0 Å². The fourth-order valence-corrected chi connectivity index (χ4v) is 1.65. The van der Waals surface area contributed by atoms with Gasteiger partial charge in [0.05, 0.1) is 11.8 Å². The van der Waals surface area contributed by atoms with Gasteiger partial charge in [-0.2, -0.15) is 13.2 Å². The number of hydrogen-bond acceptors (Lipinski definition) is 2. The molecule has 18 heavy (non-hydrogen) atoms. The van der Waals surface area contributed by atoms with Crippen molar-refractivity contribution in [2.75, 3.05) is 0 Å². The first kappa shape index (κ1) is 12.2. The van der Waals surface area contributed by atoms with Crippen LogP contribution >= 0.6 is 0 Å². The van der Waals surface area contributed by atoms with Gasteiger partial charge in [0.15, 0.2) is 0 Å². The van der Waals surface area contributed by atoms with E-state index in [9.17, 15) is 18.0 Å². The van der Waals surface area contributed by atoms with Crippen molar-refractivity contribution in [3.8, 4) is 11.1 Å². The van der Waals surface area contributed by atoms with E-state index in [0.717, 1.165) is 12.3 Å². The molecule has 0 saturated heterocycles. The van der Waals surface area contributed by atoms with E-state index >= 15 is 0 Å². The van der Waals surface area contributed by atoms with Crippen molar-refractivity contribution in [3.63, 3.8) is 0 Å². The first-order chi connectivity index (χ1) is 8.41. The number of carboxylic acid groups (broad SMARTS) is 1. The van der Waals surface area contributed by atoms with E-state index in [1.807, 2.05) is 0 Å². The fraction of sp³-hybridized carbons (Fsp3) is 0.0833. The van der Waals surface area contributed by atoms with Crippen molar-refractivity contribution in [2.24, 2.45) is 0 Å². The molecule has 3 nitrogen and oxygen atoms in total. The van der Waals surface area contributed by atoms with Gasteiger partial charge in [0, 0.05) is 5.56 Å². The van der Waals surface area contributed by atoms with Gasteiger partial charge in [0.25, 0.3) is 0 Å². The Balaban J connectivity index is 2.65. The largest absolute Gasteiger partial charge is 0.475 e. The molecule has 0 saturated carbocycles. The van der Waals surface area contributed by atoms with Gasteiger partial charge < -0.3 is 9.52 Å². The Bertz CT molecular complexity index is 584. The lowest BCUT2D eigenvalue weighted by molar-refractivity contribution is -0.137. The molecule has 2 aromatic rings. The van der Waals surface area contributed by atoms with E-state index in [0.29, 0.717) is 0 Å². The van der Waals surface area contributed by atoms with Crippen molar-refractivity contribution in [3.05, 3.63) is 47.9 Å². The molecular weight excluding hydrogens is 249 g/mol. The molecule has 0 fully saturated rings. The molecule has 1 heterocycles. The third-order valence-electron chi connectivity index (χ3n) is 2.38. The van der Waals surface area contributed by atoms with E-state index in [1.165, 1.54) is 24.3 Å². The van der Waals surface area contributed by atoms with Gasteiger partial charge in [0.2, 0.25) is 5.76 Å². The van der Waals surface area contributed by atoms with Gasteiger partial charge in [-0.15, -0.1) is 0 Å². The minimum atomic E-state index is -4.55. The summed E-state index contributed by atoms with van der Waals surface area (Å²) in [5.74, 6) is -1.92. The Labute approximate surface area is 99.5 Å². The number of hydrogen-bond donors (Lipinski definition) is 1. The number of carbonyl (C=O) groups is 1. The predicted octanol–water partition coefficient (Wildman–Crippen LogP) is 3.66. The summed E-state index contributed by atoms with van der Waals surface area (Å²) in [5, 5.41) is 8.83. The van der Waals surface area contributed by atoms with Gasteiger partial charge in [-0.05, 0) is 17.7 Å². The van der Waals surface area contributed by atoms with Crippen molar-refractivity contribution >= 4 is 5.97 Å². The van der Waals surface area contributed by atoms with Crippen LogP contribution in [-0.4, -0.2) is 11.1 Å². The summed E-state index contributed by atoms with van der Waals surface area (Å²) in [6.07, 6.45) is -3.50. The summed E-state index contributed by atoms with van der Waals surface area (Å²) < 4.78 is 43.1. The Morgan fingerprint density at radius 1 is 1.11 bits per heavy atom. The number of alkyl halides is 3. The second-order valence-corrected chi connectivity index (χ2v) is 3.51. The maximum Gasteiger partial charge on any atom is 0.417 e. The summed E-state index contributed by atoms with van der Waals surface area (Å²) in [6.45, 7) is 0. The Morgan fingerprint density at radius 3 is 2.39 bits per heavy atom. The predicted molar refractivity (Wildman–Crippen MR) is 56.1 cm³/mol. The third-order valence-corrected chi connectivity index (χ3v) is 2.38. The quantitative estimate of drug-likeness (QED) is 0.891. The van der Waals surface area contributed by atoms with Crippen molar-refractivity contribution < 1.29 is 27.5 Å².